The largest absolute Gasteiger partial charge is 0.363 e. The molecule has 16 heavy (non-hydrogen) atoms. The van der Waals surface area contributed by atoms with Gasteiger partial charge in [0.1, 0.15) is 0 Å². The number of nitrogens with two attached hydrogens (primary N) is 1. The van der Waals surface area contributed by atoms with Crippen LogP contribution < -0.4 is 5.73 Å². The van der Waals surface area contributed by atoms with Gasteiger partial charge in [0.2, 0.25) is 10.0 Å². The highest BCUT2D eigenvalue weighted by Crippen LogP contribution is 2.30. The zero-order valence-corrected chi connectivity index (χ0v) is 10.1. The lowest BCUT2D eigenvalue weighted by Crippen LogP contribution is -2.28. The third-order valence-corrected chi connectivity index (χ3v) is 4.66. The Kier molecular flexibility index (Phi) is 3.05. The molecule has 0 atom stereocenters. The van der Waals surface area contributed by atoms with Gasteiger partial charge in [0, 0.05) is 32.0 Å². The molecule has 0 aromatic carbocycles. The van der Waals surface area contributed by atoms with Gasteiger partial charge in [0.05, 0.1) is 4.90 Å². The monoisotopic (exact) mass is 243 g/mol. The van der Waals surface area contributed by atoms with Crippen LogP contribution in [0, 0.1) is 5.92 Å². The first-order chi connectivity index (χ1) is 7.54. The number of aromatic amines is 1. The summed E-state index contributed by atoms with van der Waals surface area (Å²) < 4.78 is 25.6. The van der Waals surface area contributed by atoms with Crippen molar-refractivity contribution >= 4 is 10.0 Å². The molecular formula is C10H17N3O2S. The molecule has 6 heteroatoms. The number of rotatable bonds is 5. The maximum atomic E-state index is 12.1. The predicted molar refractivity (Wildman–Crippen MR) is 61.2 cm³/mol. The van der Waals surface area contributed by atoms with Gasteiger partial charge in [-0.2, -0.15) is 0 Å². The molecule has 1 fully saturated rings. The van der Waals surface area contributed by atoms with Crippen LogP contribution in [-0.2, 0) is 16.6 Å². The molecule has 0 aliphatic heterocycles. The molecule has 1 aliphatic rings. The second-order valence-electron chi connectivity index (χ2n) is 4.29. The van der Waals surface area contributed by atoms with Gasteiger partial charge in [-0.25, -0.2) is 12.7 Å². The molecule has 0 spiro atoms. The van der Waals surface area contributed by atoms with Gasteiger partial charge >= 0.3 is 0 Å². The molecule has 0 unspecified atom stereocenters. The molecule has 1 aliphatic carbocycles. The average Bonchev–Trinajstić information content (AvgIpc) is 2.93. The fourth-order valence-corrected chi connectivity index (χ4v) is 2.89. The minimum atomic E-state index is -3.34. The van der Waals surface area contributed by atoms with E-state index in [-0.39, 0.29) is 0 Å². The minimum absolute atomic E-state index is 0.302. The van der Waals surface area contributed by atoms with E-state index in [1.807, 2.05) is 0 Å². The summed E-state index contributed by atoms with van der Waals surface area (Å²) in [5.74, 6) is 0.549. The highest BCUT2D eigenvalue weighted by Gasteiger charge is 2.29. The molecule has 90 valence electrons. The molecule has 5 nitrogen and oxygen atoms in total. The number of sulfonamides is 1. The molecule has 0 radical (unpaired) electrons. The zero-order valence-electron chi connectivity index (χ0n) is 9.31. The number of H-pyrrole nitrogens is 1. The second-order valence-corrected chi connectivity index (χ2v) is 6.34. The zero-order chi connectivity index (χ0) is 11.8. The maximum Gasteiger partial charge on any atom is 0.244 e. The van der Waals surface area contributed by atoms with E-state index in [9.17, 15) is 8.42 Å². The topological polar surface area (TPSA) is 79.2 Å². The first kappa shape index (κ1) is 11.6. The fraction of sp³-hybridized carbons (Fsp3) is 0.600. The lowest BCUT2D eigenvalue weighted by Gasteiger charge is -2.15. The van der Waals surface area contributed by atoms with Crippen molar-refractivity contribution in [2.75, 3.05) is 13.6 Å². The summed E-state index contributed by atoms with van der Waals surface area (Å²) in [4.78, 5) is 3.16. The molecule has 1 aromatic rings. The molecule has 0 amide bonds. The Bertz CT molecular complexity index is 462. The molecule has 3 N–H and O–H groups in total. The summed E-state index contributed by atoms with van der Waals surface area (Å²) in [6, 6.07) is 1.60. The fourth-order valence-electron chi connectivity index (χ4n) is 1.63. The van der Waals surface area contributed by atoms with Gasteiger partial charge in [-0.15, -0.1) is 0 Å². The summed E-state index contributed by atoms with van der Waals surface area (Å²) in [6.07, 6.45) is 3.78. The van der Waals surface area contributed by atoms with Crippen LogP contribution in [0.3, 0.4) is 0 Å². The van der Waals surface area contributed by atoms with Gasteiger partial charge in [0.25, 0.3) is 0 Å². The van der Waals surface area contributed by atoms with Crippen molar-refractivity contribution < 1.29 is 8.42 Å². The Labute approximate surface area is 95.7 Å². The Balaban J connectivity index is 2.16. The number of hydrogen-bond acceptors (Lipinski definition) is 3. The molecular weight excluding hydrogens is 226 g/mol. The molecule has 1 saturated carbocycles. The number of nitrogens with one attached hydrogen (secondary N) is 1. The van der Waals surface area contributed by atoms with Crippen molar-refractivity contribution in [1.82, 2.24) is 9.29 Å². The summed E-state index contributed by atoms with van der Waals surface area (Å²) in [7, 11) is -1.71. The van der Waals surface area contributed by atoms with E-state index in [4.69, 9.17) is 5.73 Å². The van der Waals surface area contributed by atoms with Crippen LogP contribution in [0.2, 0.25) is 0 Å². The summed E-state index contributed by atoms with van der Waals surface area (Å²) in [5.41, 5.74) is 6.17. The predicted octanol–water partition coefficient (Wildman–Crippen LogP) is 0.504. The average molecular weight is 243 g/mol. The Morgan fingerprint density at radius 1 is 1.56 bits per heavy atom. The lowest BCUT2D eigenvalue weighted by atomic mass is 10.4. The SMILES string of the molecule is CN(CC1CC1)S(=O)(=O)c1c[nH]c(CN)c1. The lowest BCUT2D eigenvalue weighted by molar-refractivity contribution is 0.453. The van der Waals surface area contributed by atoms with Gasteiger partial charge in [-0.1, -0.05) is 0 Å². The van der Waals surface area contributed by atoms with E-state index in [1.165, 1.54) is 10.5 Å². The van der Waals surface area contributed by atoms with Crippen LogP contribution in [-0.4, -0.2) is 31.3 Å². The summed E-state index contributed by atoms with van der Waals surface area (Å²) in [6.45, 7) is 0.938. The normalized spacial score (nSPS) is 16.9. The van der Waals surface area contributed by atoms with Gasteiger partial charge in [0.15, 0.2) is 0 Å². The third-order valence-electron chi connectivity index (χ3n) is 2.86. The van der Waals surface area contributed by atoms with E-state index in [0.29, 0.717) is 23.9 Å². The molecule has 0 bridgehead atoms. The number of hydrogen-bond donors (Lipinski definition) is 2. The molecule has 2 rings (SSSR count). The Morgan fingerprint density at radius 3 is 2.75 bits per heavy atom. The van der Waals surface area contributed by atoms with E-state index in [2.05, 4.69) is 4.98 Å². The summed E-state index contributed by atoms with van der Waals surface area (Å²) >= 11 is 0. The van der Waals surface area contributed by atoms with Crippen LogP contribution >= 0.6 is 0 Å². The first-order valence-electron chi connectivity index (χ1n) is 5.37. The van der Waals surface area contributed by atoms with Crippen LogP contribution in [0.5, 0.6) is 0 Å². The van der Waals surface area contributed by atoms with E-state index in [0.717, 1.165) is 18.5 Å². The van der Waals surface area contributed by atoms with Crippen molar-refractivity contribution in [2.24, 2.45) is 11.7 Å². The Morgan fingerprint density at radius 2 is 2.25 bits per heavy atom. The highest BCUT2D eigenvalue weighted by molar-refractivity contribution is 7.89. The Hall–Kier alpha value is -0.850. The van der Waals surface area contributed by atoms with Crippen LogP contribution in [0.4, 0.5) is 0 Å². The van der Waals surface area contributed by atoms with Gasteiger partial charge in [-0.3, -0.25) is 0 Å². The van der Waals surface area contributed by atoms with Crippen molar-refractivity contribution in [3.8, 4) is 0 Å². The van der Waals surface area contributed by atoms with E-state index in [1.54, 1.807) is 13.1 Å². The standard InChI is InChI=1S/C10H17N3O2S/c1-13(7-8-2-3-8)16(14,15)10-4-9(5-11)12-6-10/h4,6,8,12H,2-3,5,7,11H2,1H3. The van der Waals surface area contributed by atoms with Gasteiger partial charge in [-0.05, 0) is 24.8 Å². The molecule has 0 saturated heterocycles. The molecule has 1 aromatic heterocycles. The molecule has 1 heterocycles. The second kappa shape index (κ2) is 4.20. The highest BCUT2D eigenvalue weighted by atomic mass is 32.2. The number of aromatic nitrogens is 1. The van der Waals surface area contributed by atoms with Crippen molar-refractivity contribution in [3.63, 3.8) is 0 Å². The van der Waals surface area contributed by atoms with Crippen molar-refractivity contribution in [2.45, 2.75) is 24.3 Å². The first-order valence-corrected chi connectivity index (χ1v) is 6.81. The summed E-state index contributed by atoms with van der Waals surface area (Å²) in [5, 5.41) is 0. The minimum Gasteiger partial charge on any atom is -0.363 e. The smallest absolute Gasteiger partial charge is 0.244 e. The van der Waals surface area contributed by atoms with Crippen LogP contribution in [0.25, 0.3) is 0 Å². The quantitative estimate of drug-likeness (QED) is 0.790. The third kappa shape index (κ3) is 2.28. The van der Waals surface area contributed by atoms with Crippen LogP contribution in [0.1, 0.15) is 18.5 Å². The number of nitrogens with zero attached hydrogens (tertiary/aromatic N) is 1. The van der Waals surface area contributed by atoms with Gasteiger partial charge < -0.3 is 10.7 Å². The van der Waals surface area contributed by atoms with E-state index >= 15 is 0 Å². The maximum absolute atomic E-state index is 12.1. The van der Waals surface area contributed by atoms with Crippen LogP contribution in [0.15, 0.2) is 17.2 Å². The van der Waals surface area contributed by atoms with Crippen molar-refractivity contribution in [1.29, 1.82) is 0 Å². The van der Waals surface area contributed by atoms with Crippen molar-refractivity contribution in [3.05, 3.63) is 18.0 Å². The van der Waals surface area contributed by atoms with E-state index < -0.39 is 10.0 Å².